The standard InChI is InChI=1S/C33H36N6O4/c1-7-38(20(2)40)27-19-28-26(18-25(27)22-9-8-10-23(17-22)31(41)36-33(3,4)5)29(32(42)34-6)30(43-28)21-11-13-24(14-12-21)39-16-15-35-37-39/h8-20,40H,7H2,1-6H3,(H,34,42)(H,36,41). The van der Waals surface area contributed by atoms with Gasteiger partial charge in [-0.15, -0.1) is 5.10 Å². The number of anilines is 1. The molecule has 43 heavy (non-hydrogen) atoms. The summed E-state index contributed by atoms with van der Waals surface area (Å²) in [5, 5.41) is 25.0. The summed E-state index contributed by atoms with van der Waals surface area (Å²) in [6.07, 6.45) is 2.55. The summed E-state index contributed by atoms with van der Waals surface area (Å²) in [7, 11) is 1.58. The van der Waals surface area contributed by atoms with E-state index in [-0.39, 0.29) is 11.8 Å². The minimum atomic E-state index is -0.800. The molecule has 3 N–H and O–H groups in total. The average Bonchev–Trinajstić information content (AvgIpc) is 3.64. The van der Waals surface area contributed by atoms with Crippen molar-refractivity contribution in [1.29, 1.82) is 0 Å². The van der Waals surface area contributed by atoms with E-state index in [1.54, 1.807) is 37.1 Å². The maximum Gasteiger partial charge on any atom is 0.255 e. The highest BCUT2D eigenvalue weighted by atomic mass is 16.3. The first kappa shape index (κ1) is 29.5. The van der Waals surface area contributed by atoms with Gasteiger partial charge in [-0.1, -0.05) is 17.3 Å². The molecular formula is C33H36N6O4. The lowest BCUT2D eigenvalue weighted by Gasteiger charge is -2.29. The van der Waals surface area contributed by atoms with Crippen LogP contribution in [0.3, 0.4) is 0 Å². The third-order valence-corrected chi connectivity index (χ3v) is 7.10. The van der Waals surface area contributed by atoms with E-state index >= 15 is 0 Å². The van der Waals surface area contributed by atoms with Crippen LogP contribution in [0.5, 0.6) is 0 Å². The Kier molecular flexibility index (Phi) is 8.06. The van der Waals surface area contributed by atoms with Crippen molar-refractivity contribution in [2.24, 2.45) is 0 Å². The van der Waals surface area contributed by atoms with Crippen molar-refractivity contribution in [1.82, 2.24) is 25.6 Å². The third-order valence-electron chi connectivity index (χ3n) is 7.10. The van der Waals surface area contributed by atoms with Gasteiger partial charge in [0.05, 0.1) is 29.3 Å². The molecule has 2 amide bonds. The number of aromatic nitrogens is 3. The molecule has 0 aliphatic heterocycles. The Morgan fingerprint density at radius 2 is 1.79 bits per heavy atom. The minimum Gasteiger partial charge on any atom is -0.455 e. The molecule has 0 radical (unpaired) electrons. The molecule has 2 aromatic heterocycles. The number of amides is 2. The monoisotopic (exact) mass is 580 g/mol. The molecule has 0 fully saturated rings. The highest BCUT2D eigenvalue weighted by Gasteiger charge is 2.26. The van der Waals surface area contributed by atoms with Crippen molar-refractivity contribution in [3.8, 4) is 28.1 Å². The van der Waals surface area contributed by atoms with Crippen molar-refractivity contribution < 1.29 is 19.1 Å². The van der Waals surface area contributed by atoms with Gasteiger partial charge in [0.15, 0.2) is 0 Å². The fourth-order valence-corrected chi connectivity index (χ4v) is 5.14. The minimum absolute atomic E-state index is 0.189. The van der Waals surface area contributed by atoms with E-state index in [4.69, 9.17) is 4.42 Å². The summed E-state index contributed by atoms with van der Waals surface area (Å²) in [6, 6.07) is 18.6. The van der Waals surface area contributed by atoms with Crippen LogP contribution in [0.25, 0.3) is 39.1 Å². The number of nitrogens with zero attached hydrogens (tertiary/aromatic N) is 4. The summed E-state index contributed by atoms with van der Waals surface area (Å²) in [5.41, 5.74) is 4.74. The highest BCUT2D eigenvalue weighted by Crippen LogP contribution is 2.41. The summed E-state index contributed by atoms with van der Waals surface area (Å²) in [5.74, 6) is -0.0687. The van der Waals surface area contributed by atoms with Gasteiger partial charge in [0, 0.05) is 47.3 Å². The SMILES string of the molecule is CCN(c1cc2oc(-c3ccc(-n4ccnn4)cc3)c(C(=O)NC)c2cc1-c1cccc(C(=O)NC(C)(C)C)c1)C(C)O. The van der Waals surface area contributed by atoms with Crippen LogP contribution in [0.2, 0.25) is 0 Å². The lowest BCUT2D eigenvalue weighted by atomic mass is 9.96. The Hall–Kier alpha value is -4.96. The number of fused-ring (bicyclic) bond motifs is 1. The second kappa shape index (κ2) is 11.7. The van der Waals surface area contributed by atoms with Crippen LogP contribution in [-0.4, -0.2) is 57.3 Å². The Labute approximate surface area is 250 Å². The zero-order valence-corrected chi connectivity index (χ0v) is 25.2. The lowest BCUT2D eigenvalue weighted by Crippen LogP contribution is -2.40. The summed E-state index contributed by atoms with van der Waals surface area (Å²) in [4.78, 5) is 28.2. The fourth-order valence-electron chi connectivity index (χ4n) is 5.14. The molecule has 10 nitrogen and oxygen atoms in total. The largest absolute Gasteiger partial charge is 0.455 e. The van der Waals surface area contributed by atoms with Gasteiger partial charge in [-0.25, -0.2) is 4.68 Å². The number of benzene rings is 3. The van der Waals surface area contributed by atoms with E-state index in [1.165, 1.54) is 0 Å². The molecule has 5 aromatic rings. The number of furan rings is 1. The molecule has 0 aliphatic rings. The molecular weight excluding hydrogens is 544 g/mol. The zero-order chi connectivity index (χ0) is 30.9. The number of aliphatic hydroxyl groups excluding tert-OH is 1. The molecule has 3 aromatic carbocycles. The Morgan fingerprint density at radius 3 is 2.40 bits per heavy atom. The van der Waals surface area contributed by atoms with Gasteiger partial charge in [0.25, 0.3) is 11.8 Å². The van der Waals surface area contributed by atoms with Crippen LogP contribution in [0.1, 0.15) is 55.3 Å². The smallest absolute Gasteiger partial charge is 0.255 e. The fraction of sp³-hybridized carbons (Fsp3) is 0.273. The normalized spacial score (nSPS) is 12.3. The van der Waals surface area contributed by atoms with E-state index in [1.807, 2.05) is 87.2 Å². The van der Waals surface area contributed by atoms with Crippen molar-refractivity contribution >= 4 is 28.5 Å². The Balaban J connectivity index is 1.71. The molecule has 222 valence electrons. The van der Waals surface area contributed by atoms with Crippen LogP contribution in [0, 0.1) is 0 Å². The first-order valence-corrected chi connectivity index (χ1v) is 14.2. The van der Waals surface area contributed by atoms with Gasteiger partial charge in [-0.2, -0.15) is 0 Å². The van der Waals surface area contributed by atoms with Crippen molar-refractivity contribution in [2.45, 2.75) is 46.4 Å². The Bertz CT molecular complexity index is 1770. The molecule has 2 heterocycles. The van der Waals surface area contributed by atoms with E-state index < -0.39 is 11.8 Å². The van der Waals surface area contributed by atoms with Crippen LogP contribution in [-0.2, 0) is 0 Å². The second-order valence-electron chi connectivity index (χ2n) is 11.3. The number of carbonyl (C=O) groups is 2. The van der Waals surface area contributed by atoms with Crippen molar-refractivity contribution in [3.05, 3.63) is 84.2 Å². The summed E-state index contributed by atoms with van der Waals surface area (Å²) < 4.78 is 8.04. The van der Waals surface area contributed by atoms with Crippen LogP contribution in [0.15, 0.2) is 77.5 Å². The topological polar surface area (TPSA) is 126 Å². The number of rotatable bonds is 8. The molecule has 1 atom stereocenters. The number of hydrogen-bond acceptors (Lipinski definition) is 7. The summed E-state index contributed by atoms with van der Waals surface area (Å²) >= 11 is 0. The zero-order valence-electron chi connectivity index (χ0n) is 25.2. The van der Waals surface area contributed by atoms with Crippen LogP contribution >= 0.6 is 0 Å². The van der Waals surface area contributed by atoms with Gasteiger partial charge in [0.2, 0.25) is 0 Å². The van der Waals surface area contributed by atoms with Crippen LogP contribution < -0.4 is 15.5 Å². The van der Waals surface area contributed by atoms with Crippen LogP contribution in [0.4, 0.5) is 5.69 Å². The first-order valence-electron chi connectivity index (χ1n) is 14.2. The number of carbonyl (C=O) groups excluding carboxylic acids is 2. The van der Waals surface area contributed by atoms with E-state index in [0.717, 1.165) is 16.8 Å². The predicted molar refractivity (Wildman–Crippen MR) is 167 cm³/mol. The molecule has 0 aliphatic carbocycles. The maximum absolute atomic E-state index is 13.3. The highest BCUT2D eigenvalue weighted by molar-refractivity contribution is 6.13. The quantitative estimate of drug-likeness (QED) is 0.210. The number of aliphatic hydroxyl groups is 1. The molecule has 0 saturated carbocycles. The number of hydrogen-bond donors (Lipinski definition) is 3. The van der Waals surface area contributed by atoms with Crippen molar-refractivity contribution in [3.63, 3.8) is 0 Å². The number of nitrogens with one attached hydrogen (secondary N) is 2. The van der Waals surface area contributed by atoms with E-state index in [9.17, 15) is 14.7 Å². The van der Waals surface area contributed by atoms with Gasteiger partial charge >= 0.3 is 0 Å². The predicted octanol–water partition coefficient (Wildman–Crippen LogP) is 5.40. The van der Waals surface area contributed by atoms with Gasteiger partial charge in [0.1, 0.15) is 17.6 Å². The third kappa shape index (κ3) is 6.00. The Morgan fingerprint density at radius 1 is 1.05 bits per heavy atom. The van der Waals surface area contributed by atoms with E-state index in [2.05, 4.69) is 20.9 Å². The molecule has 10 heteroatoms. The van der Waals surface area contributed by atoms with Crippen molar-refractivity contribution in [2.75, 3.05) is 18.5 Å². The molecule has 0 bridgehead atoms. The lowest BCUT2D eigenvalue weighted by molar-refractivity contribution is 0.0918. The van der Waals surface area contributed by atoms with Gasteiger partial charge in [-0.05, 0) is 82.6 Å². The molecule has 0 saturated heterocycles. The maximum atomic E-state index is 13.3. The van der Waals surface area contributed by atoms with E-state index in [0.29, 0.717) is 45.7 Å². The summed E-state index contributed by atoms with van der Waals surface area (Å²) in [6.45, 7) is 9.96. The molecule has 0 spiro atoms. The first-order chi connectivity index (χ1) is 20.5. The second-order valence-corrected chi connectivity index (χ2v) is 11.3. The molecule has 1 unspecified atom stereocenters. The van der Waals surface area contributed by atoms with Gasteiger partial charge in [-0.3, -0.25) is 9.59 Å². The van der Waals surface area contributed by atoms with Gasteiger partial charge < -0.3 is 25.1 Å². The molecule has 5 rings (SSSR count). The average molecular weight is 581 g/mol.